The molecular weight excluding hydrogens is 532 g/mol. The Hall–Kier alpha value is -5.32. The molecule has 0 fully saturated rings. The van der Waals surface area contributed by atoms with Crippen LogP contribution < -0.4 is 0 Å². The molecule has 0 saturated heterocycles. The van der Waals surface area contributed by atoms with Gasteiger partial charge in [-0.15, -0.1) is 11.3 Å². The largest absolute Gasteiger partial charge is 0.452 e. The molecule has 0 aliphatic carbocycles. The molecule has 9 rings (SSSR count). The molecule has 196 valence electrons. The minimum absolute atomic E-state index is 0.708. The fraction of sp³-hybridized carbons (Fsp3) is 0. The van der Waals surface area contributed by atoms with E-state index in [1.165, 1.54) is 42.1 Å². The van der Waals surface area contributed by atoms with Crippen LogP contribution in [-0.2, 0) is 0 Å². The maximum atomic E-state index is 6.45. The molecule has 0 saturated carbocycles. The van der Waals surface area contributed by atoms with E-state index in [4.69, 9.17) is 14.4 Å². The quantitative estimate of drug-likeness (QED) is 0.218. The van der Waals surface area contributed by atoms with Crippen LogP contribution in [0, 0.1) is 0 Å². The van der Waals surface area contributed by atoms with E-state index in [2.05, 4.69) is 127 Å². The van der Waals surface area contributed by atoms with Crippen molar-refractivity contribution in [1.82, 2.24) is 9.97 Å². The lowest BCUT2D eigenvalue weighted by molar-refractivity contribution is 0.667. The molecule has 0 amide bonds. The van der Waals surface area contributed by atoms with Gasteiger partial charge < -0.3 is 4.42 Å². The fourth-order valence-corrected chi connectivity index (χ4v) is 7.47. The molecule has 3 heterocycles. The van der Waals surface area contributed by atoms with Gasteiger partial charge in [0, 0.05) is 31.1 Å². The van der Waals surface area contributed by atoms with Crippen molar-refractivity contribution in [2.24, 2.45) is 0 Å². The summed E-state index contributed by atoms with van der Waals surface area (Å²) in [6.07, 6.45) is 1.65. The van der Waals surface area contributed by atoms with Crippen molar-refractivity contribution < 1.29 is 4.42 Å². The van der Waals surface area contributed by atoms with Crippen molar-refractivity contribution >= 4 is 64.4 Å². The molecule has 0 bridgehead atoms. The Balaban J connectivity index is 1.20. The standard InChI is InChI=1S/C38H22N2OS/c1-2-12-27-23(8-1)9-6-14-28(27)25-18-19-33-32(21-25)36-37(41-33)35(39-22-40-36)26-11-5-10-24(20-26)29-15-7-16-31-30-13-3-4-17-34(30)42-38(29)31/h1-22H. The Morgan fingerprint density at radius 1 is 0.524 bits per heavy atom. The van der Waals surface area contributed by atoms with Crippen molar-refractivity contribution in [2.45, 2.75) is 0 Å². The molecule has 0 aliphatic heterocycles. The van der Waals surface area contributed by atoms with E-state index < -0.39 is 0 Å². The van der Waals surface area contributed by atoms with Crippen LogP contribution in [0.15, 0.2) is 138 Å². The molecule has 0 spiro atoms. The number of thiophene rings is 1. The zero-order valence-corrected chi connectivity index (χ0v) is 23.2. The first-order valence-electron chi connectivity index (χ1n) is 14.0. The van der Waals surface area contributed by atoms with E-state index in [9.17, 15) is 0 Å². The SMILES string of the molecule is c1cc(-c2ncnc3c2oc2ccc(-c4cccc5ccccc45)cc23)cc(-c2cccc3c2sc2ccccc23)c1. The van der Waals surface area contributed by atoms with Crippen LogP contribution in [0.5, 0.6) is 0 Å². The number of fused-ring (bicyclic) bond motifs is 7. The van der Waals surface area contributed by atoms with E-state index in [0.29, 0.717) is 5.58 Å². The van der Waals surface area contributed by atoms with Gasteiger partial charge >= 0.3 is 0 Å². The maximum Gasteiger partial charge on any atom is 0.180 e. The van der Waals surface area contributed by atoms with Crippen LogP contribution in [0.3, 0.4) is 0 Å². The average molecular weight is 555 g/mol. The zero-order chi connectivity index (χ0) is 27.6. The molecule has 4 heteroatoms. The predicted octanol–water partition coefficient (Wildman–Crippen LogP) is 10.9. The lowest BCUT2D eigenvalue weighted by Gasteiger charge is -2.07. The highest BCUT2D eigenvalue weighted by molar-refractivity contribution is 7.26. The third kappa shape index (κ3) is 3.52. The second-order valence-corrected chi connectivity index (χ2v) is 11.7. The number of benzene rings is 6. The van der Waals surface area contributed by atoms with E-state index >= 15 is 0 Å². The first-order valence-corrected chi connectivity index (χ1v) is 14.8. The van der Waals surface area contributed by atoms with Crippen molar-refractivity contribution in [3.8, 4) is 33.5 Å². The van der Waals surface area contributed by atoms with E-state index in [1.807, 2.05) is 11.3 Å². The Kier molecular flexibility index (Phi) is 5.07. The normalized spacial score (nSPS) is 11.8. The summed E-state index contributed by atoms with van der Waals surface area (Å²) in [7, 11) is 0. The summed E-state index contributed by atoms with van der Waals surface area (Å²) in [6.45, 7) is 0. The highest BCUT2D eigenvalue weighted by Gasteiger charge is 2.17. The second kappa shape index (κ2) is 9.10. The molecule has 9 aromatic rings. The van der Waals surface area contributed by atoms with Gasteiger partial charge in [0.2, 0.25) is 0 Å². The summed E-state index contributed by atoms with van der Waals surface area (Å²) >= 11 is 1.85. The molecule has 3 nitrogen and oxygen atoms in total. The van der Waals surface area contributed by atoms with Crippen LogP contribution >= 0.6 is 11.3 Å². The Morgan fingerprint density at radius 2 is 1.26 bits per heavy atom. The van der Waals surface area contributed by atoms with Crippen molar-refractivity contribution in [3.05, 3.63) is 134 Å². The second-order valence-electron chi connectivity index (χ2n) is 10.6. The summed E-state index contributed by atoms with van der Waals surface area (Å²) in [4.78, 5) is 9.42. The van der Waals surface area contributed by atoms with Gasteiger partial charge in [-0.3, -0.25) is 0 Å². The van der Waals surface area contributed by atoms with Crippen molar-refractivity contribution in [2.75, 3.05) is 0 Å². The molecule has 0 radical (unpaired) electrons. The highest BCUT2D eigenvalue weighted by atomic mass is 32.1. The van der Waals surface area contributed by atoms with Crippen LogP contribution in [0.1, 0.15) is 0 Å². The van der Waals surface area contributed by atoms with Crippen LogP contribution in [0.25, 0.3) is 86.5 Å². The molecule has 6 aromatic carbocycles. The first kappa shape index (κ1) is 23.4. The van der Waals surface area contributed by atoms with E-state index in [-0.39, 0.29) is 0 Å². The summed E-state index contributed by atoms with van der Waals surface area (Å²) < 4.78 is 9.05. The third-order valence-electron chi connectivity index (χ3n) is 8.20. The van der Waals surface area contributed by atoms with Gasteiger partial charge in [0.25, 0.3) is 0 Å². The van der Waals surface area contributed by atoms with E-state index in [1.54, 1.807) is 6.33 Å². The smallest absolute Gasteiger partial charge is 0.180 e. The number of nitrogens with zero attached hydrogens (tertiary/aromatic N) is 2. The fourth-order valence-electron chi connectivity index (χ4n) is 6.24. The summed E-state index contributed by atoms with van der Waals surface area (Å²) in [5.74, 6) is 0. The molecule has 0 N–H and O–H groups in total. The van der Waals surface area contributed by atoms with Gasteiger partial charge in [-0.1, -0.05) is 103 Å². The number of hydrogen-bond donors (Lipinski definition) is 0. The molecule has 0 atom stereocenters. The molecule has 3 aromatic heterocycles. The molecular formula is C38H22N2OS. The topological polar surface area (TPSA) is 38.9 Å². The predicted molar refractivity (Wildman–Crippen MR) is 176 cm³/mol. The summed E-state index contributed by atoms with van der Waals surface area (Å²) in [5, 5.41) is 6.04. The Bertz CT molecular complexity index is 2480. The van der Waals surface area contributed by atoms with Crippen molar-refractivity contribution in [3.63, 3.8) is 0 Å². The number of furan rings is 1. The minimum atomic E-state index is 0.708. The van der Waals surface area contributed by atoms with Gasteiger partial charge in [0.15, 0.2) is 5.58 Å². The zero-order valence-electron chi connectivity index (χ0n) is 22.4. The van der Waals surface area contributed by atoms with Crippen LogP contribution in [-0.4, -0.2) is 9.97 Å². The number of aromatic nitrogens is 2. The first-order chi connectivity index (χ1) is 20.8. The van der Waals surface area contributed by atoms with Crippen LogP contribution in [0.2, 0.25) is 0 Å². The number of hydrogen-bond acceptors (Lipinski definition) is 4. The number of rotatable bonds is 3. The Morgan fingerprint density at radius 3 is 2.24 bits per heavy atom. The monoisotopic (exact) mass is 554 g/mol. The van der Waals surface area contributed by atoms with Gasteiger partial charge in [-0.05, 0) is 57.3 Å². The van der Waals surface area contributed by atoms with E-state index in [0.717, 1.165) is 38.9 Å². The lowest BCUT2D eigenvalue weighted by atomic mass is 9.97. The Labute approximate surface area is 245 Å². The molecule has 0 aliphatic rings. The van der Waals surface area contributed by atoms with Gasteiger partial charge in [-0.2, -0.15) is 0 Å². The average Bonchev–Trinajstić information content (AvgIpc) is 3.63. The van der Waals surface area contributed by atoms with Gasteiger partial charge in [0.1, 0.15) is 23.1 Å². The van der Waals surface area contributed by atoms with Gasteiger partial charge in [0.05, 0.1) is 0 Å². The lowest BCUT2D eigenvalue weighted by Crippen LogP contribution is -1.88. The summed E-state index contributed by atoms with van der Waals surface area (Å²) in [5.41, 5.74) is 8.87. The van der Waals surface area contributed by atoms with Gasteiger partial charge in [-0.25, -0.2) is 9.97 Å². The van der Waals surface area contributed by atoms with Crippen LogP contribution in [0.4, 0.5) is 0 Å². The molecule has 0 unspecified atom stereocenters. The maximum absolute atomic E-state index is 6.45. The molecule has 42 heavy (non-hydrogen) atoms. The third-order valence-corrected chi connectivity index (χ3v) is 9.42. The summed E-state index contributed by atoms with van der Waals surface area (Å²) in [6, 6.07) is 45.1. The minimum Gasteiger partial charge on any atom is -0.452 e. The van der Waals surface area contributed by atoms with Crippen molar-refractivity contribution in [1.29, 1.82) is 0 Å². The highest BCUT2D eigenvalue weighted by Crippen LogP contribution is 2.41.